The van der Waals surface area contributed by atoms with E-state index in [2.05, 4.69) is 0 Å². The molecule has 1 atom stereocenters. The van der Waals surface area contributed by atoms with Crippen LogP contribution in [0.4, 0.5) is 4.39 Å². The second-order valence-electron chi connectivity index (χ2n) is 4.94. The van der Waals surface area contributed by atoms with E-state index in [1.807, 2.05) is 0 Å². The minimum atomic E-state index is -3.70. The Morgan fingerprint density at radius 1 is 1.45 bits per heavy atom. The van der Waals surface area contributed by atoms with Crippen molar-refractivity contribution in [3.8, 4) is 0 Å². The van der Waals surface area contributed by atoms with Gasteiger partial charge in [-0.25, -0.2) is 12.8 Å². The van der Waals surface area contributed by atoms with Crippen molar-refractivity contribution in [1.82, 2.24) is 4.31 Å². The molecule has 0 bridgehead atoms. The fraction of sp³-hybridized carbons (Fsp3) is 0.462. The van der Waals surface area contributed by atoms with Crippen molar-refractivity contribution < 1.29 is 12.8 Å². The smallest absolute Gasteiger partial charge is 0.243 e. The van der Waals surface area contributed by atoms with Gasteiger partial charge in [-0.1, -0.05) is 18.6 Å². The predicted molar refractivity (Wildman–Crippen MR) is 79.5 cm³/mol. The van der Waals surface area contributed by atoms with Crippen molar-refractivity contribution in [2.45, 2.75) is 37.1 Å². The number of nitrogens with zero attached hydrogens (tertiary/aromatic N) is 1. The second kappa shape index (κ2) is 5.75. The first-order chi connectivity index (χ1) is 9.34. The number of aryl methyl sites for hydroxylation is 1. The molecule has 1 fully saturated rings. The molecule has 0 radical (unpaired) electrons. The van der Waals surface area contributed by atoms with Crippen LogP contribution in [0.25, 0.3) is 0 Å². The first-order valence-electron chi connectivity index (χ1n) is 6.41. The molecule has 1 aromatic carbocycles. The van der Waals surface area contributed by atoms with Crippen LogP contribution in [0, 0.1) is 12.7 Å². The van der Waals surface area contributed by atoms with Gasteiger partial charge in [0.2, 0.25) is 10.0 Å². The zero-order chi connectivity index (χ0) is 14.9. The maximum absolute atomic E-state index is 13.1. The summed E-state index contributed by atoms with van der Waals surface area (Å²) in [6.07, 6.45) is 2.31. The summed E-state index contributed by atoms with van der Waals surface area (Å²) in [5.74, 6) is -0.453. The van der Waals surface area contributed by atoms with Crippen LogP contribution in [-0.4, -0.2) is 30.3 Å². The maximum Gasteiger partial charge on any atom is 0.243 e. The fourth-order valence-electron chi connectivity index (χ4n) is 2.51. The van der Waals surface area contributed by atoms with E-state index in [1.54, 1.807) is 6.92 Å². The van der Waals surface area contributed by atoms with Gasteiger partial charge in [0.05, 0.1) is 15.9 Å². The molecule has 1 aromatic rings. The van der Waals surface area contributed by atoms with Crippen LogP contribution < -0.4 is 5.73 Å². The Balaban J connectivity index is 2.45. The van der Waals surface area contributed by atoms with Gasteiger partial charge in [-0.15, -0.1) is 0 Å². The van der Waals surface area contributed by atoms with Crippen LogP contribution in [0.15, 0.2) is 23.1 Å². The van der Waals surface area contributed by atoms with E-state index in [4.69, 9.17) is 18.0 Å². The van der Waals surface area contributed by atoms with Crippen molar-refractivity contribution in [1.29, 1.82) is 0 Å². The Morgan fingerprint density at radius 3 is 2.75 bits per heavy atom. The first kappa shape index (κ1) is 15.3. The van der Waals surface area contributed by atoms with Crippen molar-refractivity contribution in [2.24, 2.45) is 5.73 Å². The Morgan fingerprint density at radius 2 is 2.15 bits per heavy atom. The Hall–Kier alpha value is -1.05. The summed E-state index contributed by atoms with van der Waals surface area (Å²) in [4.78, 5) is 0.301. The molecular weight excluding hydrogens is 299 g/mol. The molecule has 0 spiro atoms. The Kier molecular flexibility index (Phi) is 4.41. The summed E-state index contributed by atoms with van der Waals surface area (Å²) in [6.45, 7) is 1.97. The number of thiocarbonyl (C=S) groups is 1. The standard InChI is InChI=1S/C13H17FN2O2S2/c1-9-8-10(14)5-6-12(9)20(17,18)16-7-3-2-4-11(16)13(15)19/h5-6,8,11H,2-4,7H2,1H3,(H2,15,19). The molecule has 2 N–H and O–H groups in total. The molecule has 1 unspecified atom stereocenters. The van der Waals surface area contributed by atoms with Crippen molar-refractivity contribution in [2.75, 3.05) is 6.54 Å². The van der Waals surface area contributed by atoms with E-state index >= 15 is 0 Å². The van der Waals surface area contributed by atoms with Crippen molar-refractivity contribution in [3.63, 3.8) is 0 Å². The van der Waals surface area contributed by atoms with Gasteiger partial charge in [-0.3, -0.25) is 0 Å². The summed E-state index contributed by atoms with van der Waals surface area (Å²) in [5, 5.41) is 0. The van der Waals surface area contributed by atoms with Crippen LogP contribution in [0.2, 0.25) is 0 Å². The normalized spacial score (nSPS) is 20.8. The first-order valence-corrected chi connectivity index (χ1v) is 8.26. The number of sulfonamides is 1. The molecule has 110 valence electrons. The number of benzene rings is 1. The highest BCUT2D eigenvalue weighted by atomic mass is 32.2. The lowest BCUT2D eigenvalue weighted by atomic mass is 10.1. The van der Waals surface area contributed by atoms with Crippen LogP contribution >= 0.6 is 12.2 Å². The van der Waals surface area contributed by atoms with Gasteiger partial charge in [0.25, 0.3) is 0 Å². The number of rotatable bonds is 3. The van der Waals surface area contributed by atoms with E-state index in [-0.39, 0.29) is 9.88 Å². The van der Waals surface area contributed by atoms with Gasteiger partial charge in [0.15, 0.2) is 0 Å². The summed E-state index contributed by atoms with van der Waals surface area (Å²) >= 11 is 4.98. The van der Waals surface area contributed by atoms with Crippen LogP contribution in [-0.2, 0) is 10.0 Å². The van der Waals surface area contributed by atoms with Gasteiger partial charge in [-0.05, 0) is 43.5 Å². The maximum atomic E-state index is 13.1. The minimum Gasteiger partial charge on any atom is -0.392 e. The third kappa shape index (κ3) is 2.84. The van der Waals surface area contributed by atoms with Gasteiger partial charge < -0.3 is 5.73 Å². The van der Waals surface area contributed by atoms with Crippen LogP contribution in [0.5, 0.6) is 0 Å². The highest BCUT2D eigenvalue weighted by molar-refractivity contribution is 7.89. The molecule has 4 nitrogen and oxygen atoms in total. The zero-order valence-electron chi connectivity index (χ0n) is 11.2. The van der Waals surface area contributed by atoms with E-state index in [0.717, 1.165) is 18.9 Å². The summed E-state index contributed by atoms with van der Waals surface area (Å²) in [6, 6.07) is 3.21. The van der Waals surface area contributed by atoms with Crippen LogP contribution in [0.3, 0.4) is 0 Å². The van der Waals surface area contributed by atoms with Gasteiger partial charge in [0.1, 0.15) is 5.82 Å². The molecule has 0 saturated carbocycles. The molecule has 1 heterocycles. The molecule has 0 aliphatic carbocycles. The second-order valence-corrected chi connectivity index (χ2v) is 7.27. The van der Waals surface area contributed by atoms with Gasteiger partial charge >= 0.3 is 0 Å². The number of piperidine rings is 1. The Bertz CT molecular complexity index is 631. The predicted octanol–water partition coefficient (Wildman–Crippen LogP) is 1.96. The monoisotopic (exact) mass is 316 g/mol. The average molecular weight is 316 g/mol. The molecule has 20 heavy (non-hydrogen) atoms. The molecule has 7 heteroatoms. The van der Waals surface area contributed by atoms with E-state index in [1.165, 1.54) is 16.4 Å². The van der Waals surface area contributed by atoms with Crippen molar-refractivity contribution >= 4 is 27.2 Å². The highest BCUT2D eigenvalue weighted by Crippen LogP contribution is 2.27. The number of hydrogen-bond donors (Lipinski definition) is 1. The zero-order valence-corrected chi connectivity index (χ0v) is 12.8. The number of hydrogen-bond acceptors (Lipinski definition) is 3. The van der Waals surface area contributed by atoms with Crippen LogP contribution in [0.1, 0.15) is 24.8 Å². The third-order valence-electron chi connectivity index (χ3n) is 3.51. The summed E-state index contributed by atoms with van der Waals surface area (Å²) in [5.41, 5.74) is 6.05. The molecule has 2 rings (SSSR count). The molecule has 1 aliphatic rings. The lowest BCUT2D eigenvalue weighted by Gasteiger charge is -2.34. The van der Waals surface area contributed by atoms with E-state index in [0.29, 0.717) is 18.5 Å². The number of halogens is 1. The SMILES string of the molecule is Cc1cc(F)ccc1S(=O)(=O)N1CCCCC1C(N)=S. The average Bonchev–Trinajstić information content (AvgIpc) is 2.38. The van der Waals surface area contributed by atoms with Crippen molar-refractivity contribution in [3.05, 3.63) is 29.6 Å². The Labute approximate surface area is 123 Å². The van der Waals surface area contributed by atoms with Gasteiger partial charge in [0, 0.05) is 6.54 Å². The lowest BCUT2D eigenvalue weighted by molar-refractivity contribution is 0.306. The van der Waals surface area contributed by atoms with Gasteiger partial charge in [-0.2, -0.15) is 4.31 Å². The molecular formula is C13H17FN2O2S2. The largest absolute Gasteiger partial charge is 0.392 e. The molecule has 1 aliphatic heterocycles. The topological polar surface area (TPSA) is 63.4 Å². The summed E-state index contributed by atoms with van der Waals surface area (Å²) < 4.78 is 39.9. The molecule has 0 amide bonds. The quantitative estimate of drug-likeness (QED) is 0.866. The van der Waals surface area contributed by atoms with E-state index in [9.17, 15) is 12.8 Å². The summed E-state index contributed by atoms with van der Waals surface area (Å²) in [7, 11) is -3.70. The third-order valence-corrected chi connectivity index (χ3v) is 5.85. The fourth-order valence-corrected chi connectivity index (χ4v) is 4.70. The molecule has 1 saturated heterocycles. The minimum absolute atomic E-state index is 0.113. The number of nitrogens with two attached hydrogens (primary N) is 1. The molecule has 0 aromatic heterocycles. The van der Waals surface area contributed by atoms with E-state index < -0.39 is 21.9 Å². The highest BCUT2D eigenvalue weighted by Gasteiger charge is 2.35. The lowest BCUT2D eigenvalue weighted by Crippen LogP contribution is -2.49.